The van der Waals surface area contributed by atoms with E-state index in [0.29, 0.717) is 19.1 Å². The van der Waals surface area contributed by atoms with Crippen molar-refractivity contribution >= 4 is 34.2 Å². The van der Waals surface area contributed by atoms with Crippen molar-refractivity contribution in [2.24, 2.45) is 5.92 Å². The normalized spacial score (nSPS) is 18.4. The van der Waals surface area contributed by atoms with Crippen LogP contribution in [0.2, 0.25) is 5.02 Å². The number of benzene rings is 2. The number of halogens is 1. The van der Waals surface area contributed by atoms with Gasteiger partial charge in [0.15, 0.2) is 11.5 Å². The standard InChI is InChI=1S/C27H30ClN5O3S/c28-22-4-1-19(2-5-22)16-25-29-27(37-30-25)33-9-7-21(8-10-33)26(34)32-13-11-31(12-14-32)17-20-3-6-23-24(15-20)36-18-35-23/h1-6,15,21H,7-14,16-18H2. The number of amides is 1. The van der Waals surface area contributed by atoms with Crippen LogP contribution in [-0.2, 0) is 17.8 Å². The first kappa shape index (κ1) is 24.5. The summed E-state index contributed by atoms with van der Waals surface area (Å²) in [6.07, 6.45) is 2.42. The summed E-state index contributed by atoms with van der Waals surface area (Å²) in [7, 11) is 0. The third-order valence-corrected chi connectivity index (χ3v) is 8.44. The quantitative estimate of drug-likeness (QED) is 0.467. The van der Waals surface area contributed by atoms with Gasteiger partial charge >= 0.3 is 0 Å². The third-order valence-electron chi connectivity index (χ3n) is 7.37. The number of hydrogen-bond donors (Lipinski definition) is 0. The van der Waals surface area contributed by atoms with E-state index < -0.39 is 0 Å². The molecule has 3 aromatic rings. The number of piperazine rings is 1. The summed E-state index contributed by atoms with van der Waals surface area (Å²) >= 11 is 7.43. The van der Waals surface area contributed by atoms with Crippen molar-refractivity contribution in [1.82, 2.24) is 19.2 Å². The Morgan fingerprint density at radius 1 is 0.946 bits per heavy atom. The first-order valence-corrected chi connectivity index (χ1v) is 14.0. The van der Waals surface area contributed by atoms with Gasteiger partial charge < -0.3 is 19.3 Å². The van der Waals surface area contributed by atoms with Gasteiger partial charge in [-0.25, -0.2) is 4.98 Å². The number of carbonyl (C=O) groups is 1. The van der Waals surface area contributed by atoms with Gasteiger partial charge in [0.25, 0.3) is 0 Å². The minimum Gasteiger partial charge on any atom is -0.454 e. The van der Waals surface area contributed by atoms with Gasteiger partial charge in [0, 0.05) is 74.7 Å². The molecule has 8 nitrogen and oxygen atoms in total. The molecule has 2 saturated heterocycles. The average Bonchev–Trinajstić information content (AvgIpc) is 3.60. The van der Waals surface area contributed by atoms with Crippen LogP contribution < -0.4 is 14.4 Å². The average molecular weight is 540 g/mol. The Balaban J connectivity index is 0.959. The first-order valence-electron chi connectivity index (χ1n) is 12.8. The zero-order valence-corrected chi connectivity index (χ0v) is 22.2. The monoisotopic (exact) mass is 539 g/mol. The summed E-state index contributed by atoms with van der Waals surface area (Å²) in [4.78, 5) is 24.7. The zero-order chi connectivity index (χ0) is 25.2. The van der Waals surface area contributed by atoms with Crippen LogP contribution in [0.5, 0.6) is 11.5 Å². The van der Waals surface area contributed by atoms with E-state index in [9.17, 15) is 4.79 Å². The minimum atomic E-state index is 0.0955. The van der Waals surface area contributed by atoms with Crippen LogP contribution in [0, 0.1) is 5.92 Å². The summed E-state index contributed by atoms with van der Waals surface area (Å²) in [5, 5.41) is 1.68. The molecule has 6 rings (SSSR count). The van der Waals surface area contributed by atoms with Gasteiger partial charge in [-0.2, -0.15) is 4.37 Å². The Morgan fingerprint density at radius 2 is 1.68 bits per heavy atom. The Bertz CT molecular complexity index is 1240. The van der Waals surface area contributed by atoms with E-state index in [1.54, 1.807) is 0 Å². The summed E-state index contributed by atoms with van der Waals surface area (Å²) in [6, 6.07) is 13.9. The van der Waals surface area contributed by atoms with E-state index in [1.807, 2.05) is 30.3 Å². The number of anilines is 1. The zero-order valence-electron chi connectivity index (χ0n) is 20.6. The number of ether oxygens (including phenoxy) is 2. The second-order valence-electron chi connectivity index (χ2n) is 9.85. The van der Waals surface area contributed by atoms with Gasteiger partial charge in [-0.3, -0.25) is 9.69 Å². The highest BCUT2D eigenvalue weighted by atomic mass is 35.5. The van der Waals surface area contributed by atoms with Crippen LogP contribution in [0.25, 0.3) is 0 Å². The van der Waals surface area contributed by atoms with Gasteiger partial charge in [0.05, 0.1) is 0 Å². The molecule has 0 saturated carbocycles. The molecule has 2 aromatic carbocycles. The fraction of sp³-hybridized carbons (Fsp3) is 0.444. The molecule has 0 bridgehead atoms. The van der Waals surface area contributed by atoms with Crippen molar-refractivity contribution in [3.05, 3.63) is 64.4 Å². The Hall–Kier alpha value is -2.88. The number of rotatable bonds is 6. The molecule has 4 heterocycles. The van der Waals surface area contributed by atoms with E-state index in [2.05, 4.69) is 31.2 Å². The molecule has 0 spiro atoms. The second kappa shape index (κ2) is 10.8. The number of fused-ring (bicyclic) bond motifs is 1. The molecular formula is C27H30ClN5O3S. The molecule has 1 amide bonds. The van der Waals surface area contributed by atoms with Gasteiger partial charge in [0.1, 0.15) is 5.82 Å². The topological polar surface area (TPSA) is 71.0 Å². The molecule has 3 aliphatic heterocycles. The molecule has 3 aliphatic rings. The van der Waals surface area contributed by atoms with Crippen molar-refractivity contribution < 1.29 is 14.3 Å². The molecular weight excluding hydrogens is 510 g/mol. The Kier molecular flexibility index (Phi) is 7.17. The minimum absolute atomic E-state index is 0.0955. The molecule has 0 unspecified atom stereocenters. The molecule has 0 radical (unpaired) electrons. The van der Waals surface area contributed by atoms with Gasteiger partial charge in [-0.05, 0) is 48.2 Å². The van der Waals surface area contributed by atoms with Crippen molar-refractivity contribution in [1.29, 1.82) is 0 Å². The molecule has 1 aromatic heterocycles. The number of nitrogens with zero attached hydrogens (tertiary/aromatic N) is 5. The summed E-state index contributed by atoms with van der Waals surface area (Å²) in [6.45, 7) is 6.19. The predicted octanol–water partition coefficient (Wildman–Crippen LogP) is 4.07. The Morgan fingerprint density at radius 3 is 2.46 bits per heavy atom. The molecule has 0 aliphatic carbocycles. The first-order chi connectivity index (χ1) is 18.1. The van der Waals surface area contributed by atoms with Crippen LogP contribution in [0.4, 0.5) is 5.13 Å². The van der Waals surface area contributed by atoms with Crippen LogP contribution in [0.15, 0.2) is 42.5 Å². The molecule has 10 heteroatoms. The predicted molar refractivity (Wildman–Crippen MR) is 144 cm³/mol. The Labute approximate surface area is 225 Å². The number of piperidine rings is 1. The van der Waals surface area contributed by atoms with Crippen molar-refractivity contribution in [2.45, 2.75) is 25.8 Å². The smallest absolute Gasteiger partial charge is 0.231 e. The second-order valence-corrected chi connectivity index (χ2v) is 11.0. The molecule has 37 heavy (non-hydrogen) atoms. The maximum Gasteiger partial charge on any atom is 0.231 e. The summed E-state index contributed by atoms with van der Waals surface area (Å²) < 4.78 is 15.5. The van der Waals surface area contributed by atoms with Gasteiger partial charge in [-0.15, -0.1) is 0 Å². The molecule has 194 valence electrons. The van der Waals surface area contributed by atoms with E-state index in [-0.39, 0.29) is 5.92 Å². The fourth-order valence-corrected chi connectivity index (χ4v) is 6.09. The van der Waals surface area contributed by atoms with Crippen molar-refractivity contribution in [2.75, 3.05) is 51.0 Å². The molecule has 2 fully saturated rings. The number of aromatic nitrogens is 2. The van der Waals surface area contributed by atoms with Crippen LogP contribution in [-0.4, -0.2) is 71.1 Å². The molecule has 0 N–H and O–H groups in total. The van der Waals surface area contributed by atoms with Gasteiger partial charge in [-0.1, -0.05) is 29.8 Å². The van der Waals surface area contributed by atoms with E-state index in [1.165, 1.54) is 17.1 Å². The highest BCUT2D eigenvalue weighted by Gasteiger charge is 2.31. The lowest BCUT2D eigenvalue weighted by atomic mass is 9.95. The van der Waals surface area contributed by atoms with E-state index in [0.717, 1.165) is 91.7 Å². The maximum absolute atomic E-state index is 13.2. The van der Waals surface area contributed by atoms with Crippen molar-refractivity contribution in [3.63, 3.8) is 0 Å². The number of carbonyl (C=O) groups excluding carboxylic acids is 1. The number of hydrogen-bond acceptors (Lipinski definition) is 8. The van der Waals surface area contributed by atoms with Crippen LogP contribution in [0.1, 0.15) is 29.8 Å². The van der Waals surface area contributed by atoms with Crippen molar-refractivity contribution in [3.8, 4) is 11.5 Å². The largest absolute Gasteiger partial charge is 0.454 e. The lowest BCUT2D eigenvalue weighted by molar-refractivity contribution is -0.138. The fourth-order valence-electron chi connectivity index (χ4n) is 5.23. The maximum atomic E-state index is 13.2. The third kappa shape index (κ3) is 5.68. The SMILES string of the molecule is O=C(C1CCN(c2nc(Cc3ccc(Cl)cc3)ns2)CC1)N1CCN(Cc2ccc3c(c2)OCO3)CC1. The molecule has 0 atom stereocenters. The summed E-state index contributed by atoms with van der Waals surface area (Å²) in [5.41, 5.74) is 2.36. The lowest BCUT2D eigenvalue weighted by Crippen LogP contribution is -2.51. The van der Waals surface area contributed by atoms with Crippen LogP contribution >= 0.6 is 23.1 Å². The van der Waals surface area contributed by atoms with E-state index >= 15 is 0 Å². The van der Waals surface area contributed by atoms with Crippen LogP contribution in [0.3, 0.4) is 0 Å². The van der Waals surface area contributed by atoms with E-state index in [4.69, 9.17) is 26.1 Å². The highest BCUT2D eigenvalue weighted by molar-refractivity contribution is 7.09. The highest BCUT2D eigenvalue weighted by Crippen LogP contribution is 2.33. The van der Waals surface area contributed by atoms with Gasteiger partial charge in [0.2, 0.25) is 17.8 Å². The summed E-state index contributed by atoms with van der Waals surface area (Å²) in [5.74, 6) is 2.87. The lowest BCUT2D eigenvalue weighted by Gasteiger charge is -2.38.